The predicted octanol–water partition coefficient (Wildman–Crippen LogP) is 2.09. The van der Waals surface area contributed by atoms with Crippen LogP contribution in [0.15, 0.2) is 50.8 Å². The van der Waals surface area contributed by atoms with Gasteiger partial charge in [-0.1, -0.05) is 0 Å². The van der Waals surface area contributed by atoms with Gasteiger partial charge in [0.15, 0.2) is 0 Å². The Bertz CT molecular complexity index is 1100. The number of rotatable bonds is 9. The van der Waals surface area contributed by atoms with E-state index in [1.165, 1.54) is 18.3 Å². The van der Waals surface area contributed by atoms with Crippen LogP contribution >= 0.6 is 0 Å². The fraction of sp³-hybridized carbons (Fsp3) is 0.222. The average Bonchev–Trinajstić information content (AvgIpc) is 3.17. The summed E-state index contributed by atoms with van der Waals surface area (Å²) >= 11 is 0. The molecule has 0 aliphatic carbocycles. The quantitative estimate of drug-likeness (QED) is 0.294. The molecule has 2 aromatic heterocycles. The minimum Gasteiger partial charge on any atom is -0.455 e. The molecule has 0 aliphatic rings. The van der Waals surface area contributed by atoms with E-state index in [0.717, 1.165) is 0 Å². The summed E-state index contributed by atoms with van der Waals surface area (Å²) in [5, 5.41) is 15.3. The number of hydrazone groups is 1. The topological polar surface area (TPSA) is 160 Å². The lowest BCUT2D eigenvalue weighted by Gasteiger charge is -2.07. The van der Waals surface area contributed by atoms with Crippen LogP contribution in [0.3, 0.4) is 0 Å². The van der Waals surface area contributed by atoms with Gasteiger partial charge in [-0.25, -0.2) is 19.0 Å². The van der Waals surface area contributed by atoms with E-state index < -0.39 is 10.0 Å². The molecule has 12 heteroatoms. The highest BCUT2D eigenvalue weighted by Gasteiger charge is 2.09. The van der Waals surface area contributed by atoms with Gasteiger partial charge in [0.1, 0.15) is 11.5 Å². The normalized spacial score (nSPS) is 11.6. The second-order valence-corrected chi connectivity index (χ2v) is 7.57. The molecular formula is C18H22N8O3S. The first-order chi connectivity index (χ1) is 14.4. The van der Waals surface area contributed by atoms with E-state index in [2.05, 4.69) is 36.1 Å². The molecule has 0 radical (unpaired) electrons. The van der Waals surface area contributed by atoms with Crippen LogP contribution in [-0.4, -0.2) is 42.7 Å². The van der Waals surface area contributed by atoms with Gasteiger partial charge in [-0.2, -0.15) is 20.1 Å². The molecule has 3 rings (SSSR count). The second kappa shape index (κ2) is 9.33. The Morgan fingerprint density at radius 3 is 2.13 bits per heavy atom. The van der Waals surface area contributed by atoms with Gasteiger partial charge in [0, 0.05) is 18.7 Å². The lowest BCUT2D eigenvalue weighted by molar-refractivity contribution is 0.575. The van der Waals surface area contributed by atoms with Crippen molar-refractivity contribution in [1.82, 2.24) is 15.0 Å². The third-order valence-electron chi connectivity index (χ3n) is 3.76. The molecular weight excluding hydrogens is 408 g/mol. The third-order valence-corrected chi connectivity index (χ3v) is 4.68. The summed E-state index contributed by atoms with van der Waals surface area (Å²) < 4.78 is 28.4. The van der Waals surface area contributed by atoms with Crippen molar-refractivity contribution >= 4 is 34.1 Å². The van der Waals surface area contributed by atoms with Crippen molar-refractivity contribution in [3.63, 3.8) is 0 Å². The number of benzene rings is 1. The first kappa shape index (κ1) is 21.2. The number of furan rings is 1. The lowest BCUT2D eigenvalue weighted by atomic mass is 10.2. The van der Waals surface area contributed by atoms with Crippen molar-refractivity contribution in [3.8, 4) is 11.3 Å². The number of aromatic nitrogens is 3. The third kappa shape index (κ3) is 5.52. The van der Waals surface area contributed by atoms with E-state index in [1.807, 2.05) is 13.8 Å². The number of sulfonamides is 1. The molecule has 3 aromatic rings. The number of hydrogen-bond donors (Lipinski definition) is 4. The molecule has 0 amide bonds. The highest BCUT2D eigenvalue weighted by molar-refractivity contribution is 7.89. The summed E-state index contributed by atoms with van der Waals surface area (Å²) in [6.07, 6.45) is 1.48. The van der Waals surface area contributed by atoms with Gasteiger partial charge >= 0.3 is 0 Å². The molecule has 0 aliphatic heterocycles. The van der Waals surface area contributed by atoms with Crippen LogP contribution in [0.5, 0.6) is 0 Å². The zero-order valence-electron chi connectivity index (χ0n) is 16.5. The maximum absolute atomic E-state index is 11.3. The Morgan fingerprint density at radius 1 is 0.967 bits per heavy atom. The van der Waals surface area contributed by atoms with Crippen molar-refractivity contribution in [2.45, 2.75) is 18.7 Å². The summed E-state index contributed by atoms with van der Waals surface area (Å²) in [5.74, 6) is 2.19. The molecule has 0 saturated carbocycles. The van der Waals surface area contributed by atoms with Gasteiger partial charge in [-0.05, 0) is 50.2 Å². The van der Waals surface area contributed by atoms with Crippen LogP contribution in [0.4, 0.5) is 17.8 Å². The van der Waals surface area contributed by atoms with Gasteiger partial charge in [0.05, 0.1) is 11.1 Å². The predicted molar refractivity (Wildman–Crippen MR) is 115 cm³/mol. The molecule has 1 aromatic carbocycles. The Kier molecular flexibility index (Phi) is 6.59. The first-order valence-corrected chi connectivity index (χ1v) is 10.7. The van der Waals surface area contributed by atoms with Crippen LogP contribution in [0, 0.1) is 0 Å². The Morgan fingerprint density at radius 2 is 1.57 bits per heavy atom. The largest absolute Gasteiger partial charge is 0.455 e. The van der Waals surface area contributed by atoms with Crippen LogP contribution < -0.4 is 21.2 Å². The van der Waals surface area contributed by atoms with Crippen molar-refractivity contribution in [3.05, 3.63) is 42.2 Å². The molecule has 0 atom stereocenters. The molecule has 5 N–H and O–H groups in total. The van der Waals surface area contributed by atoms with Crippen LogP contribution in [0.25, 0.3) is 11.3 Å². The Balaban J connectivity index is 1.70. The Hall–Kier alpha value is -3.51. The van der Waals surface area contributed by atoms with E-state index in [4.69, 9.17) is 9.56 Å². The van der Waals surface area contributed by atoms with Gasteiger partial charge in [0.25, 0.3) is 0 Å². The lowest BCUT2D eigenvalue weighted by Crippen LogP contribution is -2.11. The summed E-state index contributed by atoms with van der Waals surface area (Å²) in [4.78, 5) is 12.7. The number of hydrogen-bond acceptors (Lipinski definition) is 10. The molecule has 11 nitrogen and oxygen atoms in total. The molecule has 0 saturated heterocycles. The summed E-state index contributed by atoms with van der Waals surface area (Å²) in [6, 6.07) is 9.57. The van der Waals surface area contributed by atoms with Gasteiger partial charge in [0.2, 0.25) is 27.9 Å². The molecule has 0 unspecified atom stereocenters. The number of primary sulfonamides is 1. The minimum absolute atomic E-state index is 0.0370. The van der Waals surface area contributed by atoms with E-state index >= 15 is 0 Å². The smallest absolute Gasteiger partial charge is 0.250 e. The zero-order valence-corrected chi connectivity index (χ0v) is 17.3. The van der Waals surface area contributed by atoms with E-state index in [-0.39, 0.29) is 10.8 Å². The van der Waals surface area contributed by atoms with Crippen molar-refractivity contribution in [2.75, 3.05) is 29.1 Å². The van der Waals surface area contributed by atoms with Crippen LogP contribution in [0.2, 0.25) is 0 Å². The fourth-order valence-electron chi connectivity index (χ4n) is 2.44. The van der Waals surface area contributed by atoms with Crippen molar-refractivity contribution in [1.29, 1.82) is 0 Å². The molecule has 30 heavy (non-hydrogen) atoms. The highest BCUT2D eigenvalue weighted by Crippen LogP contribution is 2.23. The van der Waals surface area contributed by atoms with Gasteiger partial charge in [-0.15, -0.1) is 0 Å². The average molecular weight is 430 g/mol. The van der Waals surface area contributed by atoms with Crippen molar-refractivity contribution < 1.29 is 12.8 Å². The number of nitrogens with two attached hydrogens (primary N) is 1. The summed E-state index contributed by atoms with van der Waals surface area (Å²) in [5.41, 5.74) is 3.46. The van der Waals surface area contributed by atoms with E-state index in [9.17, 15) is 8.42 Å². The summed E-state index contributed by atoms with van der Waals surface area (Å²) in [7, 11) is -3.73. The summed E-state index contributed by atoms with van der Waals surface area (Å²) in [6.45, 7) is 5.23. The maximum Gasteiger partial charge on any atom is 0.250 e. The monoisotopic (exact) mass is 430 g/mol. The zero-order chi connectivity index (χ0) is 21.6. The van der Waals surface area contributed by atoms with Gasteiger partial charge in [-0.3, -0.25) is 0 Å². The standard InChI is InChI=1S/C18H22N8O3S/c1-3-20-16-23-17(21-4-2)25-18(24-16)26-22-11-13-7-10-15(29-13)12-5-8-14(9-6-12)30(19,27)28/h5-11H,3-4H2,1-2H3,(H2,19,27,28)(H3,20,21,23,24,25,26)/b22-11-. The molecule has 0 fully saturated rings. The van der Waals surface area contributed by atoms with Crippen molar-refractivity contribution in [2.24, 2.45) is 10.2 Å². The number of nitrogens with one attached hydrogen (secondary N) is 3. The van der Waals surface area contributed by atoms with Crippen LogP contribution in [0.1, 0.15) is 19.6 Å². The number of anilines is 3. The molecule has 2 heterocycles. The fourth-order valence-corrected chi connectivity index (χ4v) is 2.96. The first-order valence-electron chi connectivity index (χ1n) is 9.15. The molecule has 0 bridgehead atoms. The second-order valence-electron chi connectivity index (χ2n) is 6.01. The van der Waals surface area contributed by atoms with Crippen LogP contribution in [-0.2, 0) is 10.0 Å². The van der Waals surface area contributed by atoms with Gasteiger partial charge < -0.3 is 15.1 Å². The number of nitrogens with zero attached hydrogens (tertiary/aromatic N) is 4. The van der Waals surface area contributed by atoms with E-state index in [1.54, 1.807) is 24.3 Å². The molecule has 158 valence electrons. The maximum atomic E-state index is 11.3. The van der Waals surface area contributed by atoms with E-state index in [0.29, 0.717) is 42.1 Å². The Labute approximate surface area is 173 Å². The highest BCUT2D eigenvalue weighted by atomic mass is 32.2. The SMILES string of the molecule is CCNc1nc(NCC)nc(N/N=C\c2ccc(-c3ccc(S(N)(=O)=O)cc3)o2)n1. The minimum atomic E-state index is -3.73. The molecule has 0 spiro atoms.